The molecule has 1 unspecified atom stereocenters. The van der Waals surface area contributed by atoms with Crippen LogP contribution in [-0.4, -0.2) is 22.7 Å². The lowest BCUT2D eigenvalue weighted by Crippen LogP contribution is -2.49. The molecule has 1 aromatic carbocycles. The number of rotatable bonds is 6. The van der Waals surface area contributed by atoms with Gasteiger partial charge >= 0.3 is 12.1 Å². The summed E-state index contributed by atoms with van der Waals surface area (Å²) in [6, 6.07) is 9.36. The Morgan fingerprint density at radius 2 is 2.00 bits per heavy atom. The Morgan fingerprint density at radius 3 is 2.55 bits per heavy atom. The summed E-state index contributed by atoms with van der Waals surface area (Å²) in [6.45, 7) is 1.95. The molecule has 1 aromatic rings. The molecule has 2 N–H and O–H groups in total. The molecule has 0 aromatic heterocycles. The number of carboxylic acids is 1. The number of benzene rings is 1. The largest absolute Gasteiger partial charge is 0.481 e. The smallest absolute Gasteiger partial charge is 0.407 e. The number of alkyl carbamates (subject to hydrolysis) is 1. The molecule has 1 amide bonds. The van der Waals surface area contributed by atoms with E-state index < -0.39 is 17.6 Å². The normalized spacial score (nSPS) is 17.1. The molecular formula is C15H19NO4. The number of nitrogens with one attached hydrogen (secondary N) is 1. The first-order chi connectivity index (χ1) is 9.49. The zero-order chi connectivity index (χ0) is 14.6. The van der Waals surface area contributed by atoms with Crippen LogP contribution in [0.1, 0.15) is 31.7 Å². The summed E-state index contributed by atoms with van der Waals surface area (Å²) in [7, 11) is 0. The van der Waals surface area contributed by atoms with Crippen LogP contribution in [0.4, 0.5) is 4.79 Å². The molecule has 1 saturated carbocycles. The van der Waals surface area contributed by atoms with Crippen LogP contribution in [0.5, 0.6) is 0 Å². The van der Waals surface area contributed by atoms with Crippen molar-refractivity contribution in [1.29, 1.82) is 0 Å². The summed E-state index contributed by atoms with van der Waals surface area (Å²) in [6.07, 6.45) is 1.24. The lowest BCUT2D eigenvalue weighted by molar-refractivity contribution is -0.138. The van der Waals surface area contributed by atoms with E-state index in [1.807, 2.05) is 30.3 Å². The fraction of sp³-hybridized carbons (Fsp3) is 0.467. The van der Waals surface area contributed by atoms with Gasteiger partial charge in [-0.1, -0.05) is 30.3 Å². The van der Waals surface area contributed by atoms with Crippen molar-refractivity contribution in [2.24, 2.45) is 5.92 Å². The van der Waals surface area contributed by atoms with Crippen molar-refractivity contribution in [3.63, 3.8) is 0 Å². The topological polar surface area (TPSA) is 75.6 Å². The Balaban J connectivity index is 1.87. The van der Waals surface area contributed by atoms with Crippen molar-refractivity contribution in [2.75, 3.05) is 0 Å². The highest BCUT2D eigenvalue weighted by Crippen LogP contribution is 2.41. The first-order valence-electron chi connectivity index (χ1n) is 6.70. The van der Waals surface area contributed by atoms with E-state index in [0.717, 1.165) is 18.4 Å². The van der Waals surface area contributed by atoms with Gasteiger partial charge in [-0.2, -0.15) is 0 Å². The number of amides is 1. The summed E-state index contributed by atoms with van der Waals surface area (Å²) in [5, 5.41) is 11.7. The molecule has 108 valence electrons. The zero-order valence-corrected chi connectivity index (χ0v) is 11.5. The SMILES string of the molecule is CC(CC(=O)O)(NC(=O)OCc1ccccc1)C1CC1. The fourth-order valence-corrected chi connectivity index (χ4v) is 2.32. The van der Waals surface area contributed by atoms with Crippen molar-refractivity contribution < 1.29 is 19.4 Å². The molecule has 1 aliphatic rings. The van der Waals surface area contributed by atoms with E-state index in [9.17, 15) is 9.59 Å². The third-order valence-corrected chi connectivity index (χ3v) is 3.60. The van der Waals surface area contributed by atoms with Gasteiger partial charge in [0.25, 0.3) is 0 Å². The maximum atomic E-state index is 11.8. The van der Waals surface area contributed by atoms with E-state index in [4.69, 9.17) is 9.84 Å². The van der Waals surface area contributed by atoms with E-state index in [2.05, 4.69) is 5.32 Å². The van der Waals surface area contributed by atoms with E-state index in [-0.39, 0.29) is 18.9 Å². The molecule has 0 saturated heterocycles. The molecular weight excluding hydrogens is 258 g/mol. The van der Waals surface area contributed by atoms with Crippen LogP contribution >= 0.6 is 0 Å². The molecule has 1 atom stereocenters. The Kier molecular flexibility index (Phi) is 4.27. The maximum absolute atomic E-state index is 11.8. The standard InChI is InChI=1S/C15H19NO4/c1-15(9-13(17)18,12-7-8-12)16-14(19)20-10-11-5-3-2-4-6-11/h2-6,12H,7-10H2,1H3,(H,16,19)(H,17,18). The molecule has 1 aliphatic carbocycles. The minimum atomic E-state index is -0.914. The molecule has 0 radical (unpaired) electrons. The number of hydrogen-bond donors (Lipinski definition) is 2. The predicted molar refractivity (Wildman–Crippen MR) is 73.1 cm³/mol. The lowest BCUT2D eigenvalue weighted by Gasteiger charge is -2.28. The van der Waals surface area contributed by atoms with Crippen LogP contribution in [0.25, 0.3) is 0 Å². The van der Waals surface area contributed by atoms with Gasteiger partial charge in [0.2, 0.25) is 0 Å². The van der Waals surface area contributed by atoms with Crippen LogP contribution in [0.3, 0.4) is 0 Å². The Labute approximate surface area is 117 Å². The highest BCUT2D eigenvalue weighted by molar-refractivity contribution is 5.72. The van der Waals surface area contributed by atoms with Crippen molar-refractivity contribution >= 4 is 12.1 Å². The highest BCUT2D eigenvalue weighted by Gasteiger charge is 2.44. The van der Waals surface area contributed by atoms with E-state index in [1.54, 1.807) is 6.92 Å². The highest BCUT2D eigenvalue weighted by atomic mass is 16.5. The second kappa shape index (κ2) is 5.94. The van der Waals surface area contributed by atoms with Crippen LogP contribution in [0.2, 0.25) is 0 Å². The van der Waals surface area contributed by atoms with Crippen LogP contribution in [0, 0.1) is 5.92 Å². The lowest BCUT2D eigenvalue weighted by atomic mass is 9.92. The quantitative estimate of drug-likeness (QED) is 0.838. The first kappa shape index (κ1) is 14.4. The number of carbonyl (C=O) groups is 2. The third-order valence-electron chi connectivity index (χ3n) is 3.60. The molecule has 1 fully saturated rings. The number of ether oxygens (including phenoxy) is 1. The van der Waals surface area contributed by atoms with Gasteiger partial charge in [0.05, 0.1) is 12.0 Å². The Bertz CT molecular complexity index is 484. The van der Waals surface area contributed by atoms with Gasteiger partial charge in [0.15, 0.2) is 0 Å². The molecule has 2 rings (SSSR count). The summed E-state index contributed by atoms with van der Waals surface area (Å²) >= 11 is 0. The average Bonchev–Trinajstić information content (AvgIpc) is 3.21. The van der Waals surface area contributed by atoms with Crippen LogP contribution < -0.4 is 5.32 Å². The van der Waals surface area contributed by atoms with E-state index in [0.29, 0.717) is 0 Å². The van der Waals surface area contributed by atoms with Gasteiger partial charge in [-0.25, -0.2) is 4.79 Å². The molecule has 0 aliphatic heterocycles. The van der Waals surface area contributed by atoms with Gasteiger partial charge in [-0.05, 0) is 31.2 Å². The number of hydrogen-bond acceptors (Lipinski definition) is 3. The summed E-state index contributed by atoms with van der Waals surface area (Å²) in [4.78, 5) is 22.7. The maximum Gasteiger partial charge on any atom is 0.407 e. The monoisotopic (exact) mass is 277 g/mol. The second-order valence-corrected chi connectivity index (χ2v) is 5.45. The fourth-order valence-electron chi connectivity index (χ4n) is 2.32. The van der Waals surface area contributed by atoms with E-state index in [1.165, 1.54) is 0 Å². The minimum Gasteiger partial charge on any atom is -0.481 e. The van der Waals surface area contributed by atoms with Gasteiger partial charge in [-0.3, -0.25) is 4.79 Å². The first-order valence-corrected chi connectivity index (χ1v) is 6.70. The third kappa shape index (κ3) is 3.98. The summed E-state index contributed by atoms with van der Waals surface area (Å²) in [5.74, 6) is -0.689. The Hall–Kier alpha value is -2.04. The molecule has 20 heavy (non-hydrogen) atoms. The molecule has 0 heterocycles. The Morgan fingerprint density at radius 1 is 1.35 bits per heavy atom. The molecule has 5 nitrogen and oxygen atoms in total. The van der Waals surface area contributed by atoms with Crippen LogP contribution in [0.15, 0.2) is 30.3 Å². The van der Waals surface area contributed by atoms with Crippen molar-refractivity contribution in [1.82, 2.24) is 5.32 Å². The molecule has 0 bridgehead atoms. The van der Waals surface area contributed by atoms with Gasteiger partial charge in [-0.15, -0.1) is 0 Å². The van der Waals surface area contributed by atoms with Gasteiger partial charge in [0.1, 0.15) is 6.61 Å². The molecule has 5 heteroatoms. The van der Waals surface area contributed by atoms with Crippen LogP contribution in [-0.2, 0) is 16.1 Å². The van der Waals surface area contributed by atoms with Crippen molar-refractivity contribution in [3.8, 4) is 0 Å². The minimum absolute atomic E-state index is 0.0852. The number of aliphatic carboxylic acids is 1. The molecule has 0 spiro atoms. The van der Waals surface area contributed by atoms with Gasteiger partial charge in [0, 0.05) is 0 Å². The average molecular weight is 277 g/mol. The zero-order valence-electron chi connectivity index (χ0n) is 11.5. The predicted octanol–water partition coefficient (Wildman–Crippen LogP) is 2.56. The number of carbonyl (C=O) groups excluding carboxylic acids is 1. The summed E-state index contributed by atoms with van der Waals surface area (Å²) in [5.41, 5.74) is 0.175. The summed E-state index contributed by atoms with van der Waals surface area (Å²) < 4.78 is 5.14. The van der Waals surface area contributed by atoms with Gasteiger partial charge < -0.3 is 15.2 Å². The van der Waals surface area contributed by atoms with E-state index >= 15 is 0 Å². The van der Waals surface area contributed by atoms with Crippen molar-refractivity contribution in [2.45, 2.75) is 38.3 Å². The van der Waals surface area contributed by atoms with Crippen molar-refractivity contribution in [3.05, 3.63) is 35.9 Å². The number of carboxylic acid groups (broad SMARTS) is 1. The second-order valence-electron chi connectivity index (χ2n) is 5.45.